The zero-order valence-corrected chi connectivity index (χ0v) is 7.21. The molecule has 0 unspecified atom stereocenters. The standard InChI is InChI=1S/C6H13NO3S/c1-3-4-6(8)5(2)11(7,9)10/h3,5-6,8H,1,4H2,2H3,(H2,7,9,10)/t5-,6+/m1/s1. The number of aliphatic hydroxyl groups is 1. The molecule has 66 valence electrons. The second kappa shape index (κ2) is 3.85. The molecular weight excluding hydrogens is 166 g/mol. The lowest BCUT2D eigenvalue weighted by Crippen LogP contribution is -2.35. The van der Waals surface area contributed by atoms with E-state index < -0.39 is 21.4 Å². The number of nitrogens with two attached hydrogens (primary N) is 1. The third kappa shape index (κ3) is 3.50. The van der Waals surface area contributed by atoms with Crippen LogP contribution in [0.15, 0.2) is 12.7 Å². The van der Waals surface area contributed by atoms with Crippen molar-refractivity contribution in [3.63, 3.8) is 0 Å². The summed E-state index contributed by atoms with van der Waals surface area (Å²) in [5, 5.41) is 13.0. The molecular formula is C6H13NO3S. The molecule has 0 saturated heterocycles. The molecule has 0 aliphatic carbocycles. The number of hydrogen-bond donors (Lipinski definition) is 2. The van der Waals surface area contributed by atoms with Crippen molar-refractivity contribution in [2.75, 3.05) is 0 Å². The van der Waals surface area contributed by atoms with Crippen LogP contribution in [-0.4, -0.2) is 24.9 Å². The molecule has 0 aromatic carbocycles. The molecule has 0 aliphatic rings. The third-order valence-corrected chi connectivity index (χ3v) is 2.82. The van der Waals surface area contributed by atoms with Crippen LogP contribution in [-0.2, 0) is 10.0 Å². The molecule has 0 radical (unpaired) electrons. The predicted octanol–water partition coefficient (Wildman–Crippen LogP) is -0.400. The van der Waals surface area contributed by atoms with Gasteiger partial charge in [0, 0.05) is 0 Å². The molecule has 3 N–H and O–H groups in total. The summed E-state index contributed by atoms with van der Waals surface area (Å²) in [5.41, 5.74) is 0. The minimum absolute atomic E-state index is 0.234. The van der Waals surface area contributed by atoms with Crippen molar-refractivity contribution in [1.82, 2.24) is 0 Å². The van der Waals surface area contributed by atoms with Gasteiger partial charge in [-0.1, -0.05) is 6.08 Å². The Morgan fingerprint density at radius 2 is 2.18 bits per heavy atom. The van der Waals surface area contributed by atoms with Gasteiger partial charge >= 0.3 is 0 Å². The highest BCUT2D eigenvalue weighted by molar-refractivity contribution is 7.89. The summed E-state index contributed by atoms with van der Waals surface area (Å²) in [7, 11) is -3.62. The van der Waals surface area contributed by atoms with E-state index in [1.807, 2.05) is 0 Å². The van der Waals surface area contributed by atoms with E-state index >= 15 is 0 Å². The lowest BCUT2D eigenvalue weighted by molar-refractivity contribution is 0.176. The largest absolute Gasteiger partial charge is 0.391 e. The van der Waals surface area contributed by atoms with E-state index in [0.717, 1.165) is 0 Å². The maximum atomic E-state index is 10.6. The van der Waals surface area contributed by atoms with E-state index in [2.05, 4.69) is 6.58 Å². The lowest BCUT2D eigenvalue weighted by Gasteiger charge is -2.14. The molecule has 0 fully saturated rings. The predicted molar refractivity (Wildman–Crippen MR) is 43.4 cm³/mol. The summed E-state index contributed by atoms with van der Waals surface area (Å²) in [5.74, 6) is 0. The average molecular weight is 179 g/mol. The van der Waals surface area contributed by atoms with Gasteiger partial charge in [0.1, 0.15) is 0 Å². The Balaban J connectivity index is 4.25. The van der Waals surface area contributed by atoms with Gasteiger partial charge in [0.15, 0.2) is 0 Å². The molecule has 0 aromatic rings. The molecule has 2 atom stereocenters. The maximum absolute atomic E-state index is 10.6. The van der Waals surface area contributed by atoms with Gasteiger partial charge in [-0.15, -0.1) is 6.58 Å². The second-order valence-electron chi connectivity index (χ2n) is 2.39. The van der Waals surface area contributed by atoms with Crippen molar-refractivity contribution >= 4 is 10.0 Å². The number of aliphatic hydroxyl groups excluding tert-OH is 1. The van der Waals surface area contributed by atoms with Crippen LogP contribution in [0.5, 0.6) is 0 Å². The van der Waals surface area contributed by atoms with Crippen molar-refractivity contribution in [3.8, 4) is 0 Å². The summed E-state index contributed by atoms with van der Waals surface area (Å²) in [6, 6.07) is 0. The summed E-state index contributed by atoms with van der Waals surface area (Å²) in [6.07, 6.45) is 0.728. The van der Waals surface area contributed by atoms with Gasteiger partial charge in [0.2, 0.25) is 10.0 Å². The molecule has 0 amide bonds. The van der Waals surface area contributed by atoms with Gasteiger partial charge in [-0.2, -0.15) is 0 Å². The molecule has 0 heterocycles. The fourth-order valence-electron chi connectivity index (χ4n) is 0.581. The SMILES string of the molecule is C=CC[C@H](O)[C@@H](C)S(N)(=O)=O. The van der Waals surface area contributed by atoms with E-state index in [9.17, 15) is 8.42 Å². The minimum atomic E-state index is -3.62. The first-order chi connectivity index (χ1) is 4.89. The van der Waals surface area contributed by atoms with Crippen LogP contribution in [0.3, 0.4) is 0 Å². The molecule has 0 aliphatic heterocycles. The fraction of sp³-hybridized carbons (Fsp3) is 0.667. The van der Waals surface area contributed by atoms with Crippen molar-refractivity contribution in [3.05, 3.63) is 12.7 Å². The van der Waals surface area contributed by atoms with Crippen LogP contribution in [0, 0.1) is 0 Å². The topological polar surface area (TPSA) is 80.4 Å². The Morgan fingerprint density at radius 1 is 1.73 bits per heavy atom. The van der Waals surface area contributed by atoms with Crippen molar-refractivity contribution < 1.29 is 13.5 Å². The van der Waals surface area contributed by atoms with E-state index in [4.69, 9.17) is 10.2 Å². The zero-order valence-electron chi connectivity index (χ0n) is 6.40. The first-order valence-electron chi connectivity index (χ1n) is 3.20. The second-order valence-corrected chi connectivity index (χ2v) is 4.31. The number of sulfonamides is 1. The highest BCUT2D eigenvalue weighted by Crippen LogP contribution is 2.05. The molecule has 0 saturated carbocycles. The highest BCUT2D eigenvalue weighted by atomic mass is 32.2. The van der Waals surface area contributed by atoms with Gasteiger partial charge in [0.05, 0.1) is 11.4 Å². The Hall–Kier alpha value is -0.390. The number of rotatable bonds is 4. The van der Waals surface area contributed by atoms with Crippen molar-refractivity contribution in [2.24, 2.45) is 5.14 Å². The van der Waals surface area contributed by atoms with Crippen LogP contribution in [0.2, 0.25) is 0 Å². The maximum Gasteiger partial charge on any atom is 0.214 e. The van der Waals surface area contributed by atoms with E-state index in [-0.39, 0.29) is 6.42 Å². The Labute approximate surface area is 66.8 Å². The van der Waals surface area contributed by atoms with Crippen molar-refractivity contribution in [2.45, 2.75) is 24.7 Å². The van der Waals surface area contributed by atoms with E-state index in [1.54, 1.807) is 0 Å². The Morgan fingerprint density at radius 3 is 2.45 bits per heavy atom. The van der Waals surface area contributed by atoms with Crippen LogP contribution >= 0.6 is 0 Å². The quantitative estimate of drug-likeness (QED) is 0.576. The normalized spacial score (nSPS) is 17.4. The van der Waals surface area contributed by atoms with Crippen LogP contribution < -0.4 is 5.14 Å². The van der Waals surface area contributed by atoms with Gasteiger partial charge < -0.3 is 5.11 Å². The minimum Gasteiger partial charge on any atom is -0.391 e. The third-order valence-electron chi connectivity index (χ3n) is 1.47. The van der Waals surface area contributed by atoms with Gasteiger partial charge in [-0.3, -0.25) is 0 Å². The first kappa shape index (κ1) is 10.6. The van der Waals surface area contributed by atoms with E-state index in [1.165, 1.54) is 13.0 Å². The first-order valence-corrected chi connectivity index (χ1v) is 4.81. The van der Waals surface area contributed by atoms with Gasteiger partial charge in [-0.25, -0.2) is 13.6 Å². The lowest BCUT2D eigenvalue weighted by atomic mass is 10.2. The number of hydrogen-bond acceptors (Lipinski definition) is 3. The number of primary sulfonamides is 1. The molecule has 0 aromatic heterocycles. The molecule has 0 bridgehead atoms. The monoisotopic (exact) mass is 179 g/mol. The Bertz CT molecular complexity index is 222. The van der Waals surface area contributed by atoms with Gasteiger partial charge in [0.25, 0.3) is 0 Å². The molecule has 4 nitrogen and oxygen atoms in total. The summed E-state index contributed by atoms with van der Waals surface area (Å²) in [4.78, 5) is 0. The average Bonchev–Trinajstić information content (AvgIpc) is 1.85. The van der Waals surface area contributed by atoms with Crippen molar-refractivity contribution in [1.29, 1.82) is 0 Å². The van der Waals surface area contributed by atoms with Crippen LogP contribution in [0.1, 0.15) is 13.3 Å². The smallest absolute Gasteiger partial charge is 0.214 e. The van der Waals surface area contributed by atoms with Crippen LogP contribution in [0.25, 0.3) is 0 Å². The van der Waals surface area contributed by atoms with E-state index in [0.29, 0.717) is 0 Å². The van der Waals surface area contributed by atoms with Crippen LogP contribution in [0.4, 0.5) is 0 Å². The molecule has 11 heavy (non-hydrogen) atoms. The summed E-state index contributed by atoms with van der Waals surface area (Å²) >= 11 is 0. The fourth-order valence-corrected chi connectivity index (χ4v) is 1.13. The molecule has 0 spiro atoms. The summed E-state index contributed by atoms with van der Waals surface area (Å²) < 4.78 is 21.3. The summed E-state index contributed by atoms with van der Waals surface area (Å²) in [6.45, 7) is 4.73. The highest BCUT2D eigenvalue weighted by Gasteiger charge is 2.23. The van der Waals surface area contributed by atoms with Gasteiger partial charge in [-0.05, 0) is 13.3 Å². The molecule has 0 rings (SSSR count). The zero-order chi connectivity index (χ0) is 9.07. The Kier molecular flexibility index (Phi) is 3.71. The molecule has 5 heteroatoms.